The molecular weight excluding hydrogens is 323 g/mol. The molecule has 0 atom stereocenters. The molecule has 0 bridgehead atoms. The van der Waals surface area contributed by atoms with Crippen LogP contribution in [0, 0.1) is 0 Å². The molecular formula is C17H18F3NOS. The summed E-state index contributed by atoms with van der Waals surface area (Å²) in [5, 5.41) is 0. The van der Waals surface area contributed by atoms with Crippen molar-refractivity contribution < 1.29 is 17.9 Å². The Morgan fingerprint density at radius 2 is 1.65 bits per heavy atom. The van der Waals surface area contributed by atoms with Crippen molar-refractivity contribution in [3.05, 3.63) is 47.8 Å². The van der Waals surface area contributed by atoms with Gasteiger partial charge in [-0.05, 0) is 18.2 Å². The average molecular weight is 341 g/mol. The van der Waals surface area contributed by atoms with E-state index in [1.54, 1.807) is 0 Å². The molecule has 2 rings (SSSR count). The van der Waals surface area contributed by atoms with Crippen LogP contribution in [0.4, 0.5) is 13.2 Å². The van der Waals surface area contributed by atoms with Crippen LogP contribution in [0.5, 0.6) is 5.75 Å². The van der Waals surface area contributed by atoms with E-state index in [1.165, 1.54) is 18.9 Å². The minimum Gasteiger partial charge on any atom is -0.494 e. The Bertz CT molecular complexity index is 679. The zero-order valence-corrected chi connectivity index (χ0v) is 14.2. The summed E-state index contributed by atoms with van der Waals surface area (Å²) in [7, 11) is 1.45. The van der Waals surface area contributed by atoms with E-state index >= 15 is 0 Å². The molecule has 0 fully saturated rings. The highest BCUT2D eigenvalue weighted by Crippen LogP contribution is 2.43. The molecule has 1 aromatic carbocycles. The molecule has 0 aliphatic carbocycles. The molecule has 2 aromatic rings. The molecule has 2 nitrogen and oxygen atoms in total. The van der Waals surface area contributed by atoms with E-state index in [0.29, 0.717) is 16.3 Å². The first-order valence-corrected chi connectivity index (χ1v) is 7.84. The molecule has 124 valence electrons. The summed E-state index contributed by atoms with van der Waals surface area (Å²) in [6, 6.07) is 10.3. The van der Waals surface area contributed by atoms with Gasteiger partial charge in [-0.3, -0.25) is 0 Å². The molecule has 6 heteroatoms. The van der Waals surface area contributed by atoms with Crippen LogP contribution in [0.3, 0.4) is 0 Å². The first-order valence-electron chi connectivity index (χ1n) is 7.02. The van der Waals surface area contributed by atoms with Crippen molar-refractivity contribution in [3.8, 4) is 5.75 Å². The Kier molecular flexibility index (Phi) is 4.94. The summed E-state index contributed by atoms with van der Waals surface area (Å²) in [6.45, 7) is 5.44. The zero-order valence-electron chi connectivity index (χ0n) is 13.4. The molecule has 0 unspecified atom stereocenters. The van der Waals surface area contributed by atoms with Gasteiger partial charge in [0.05, 0.1) is 17.7 Å². The van der Waals surface area contributed by atoms with E-state index in [9.17, 15) is 13.2 Å². The van der Waals surface area contributed by atoms with E-state index in [1.807, 2.05) is 51.1 Å². The number of halogens is 3. The molecule has 0 radical (unpaired) electrons. The number of hydrogen-bond donors (Lipinski definition) is 0. The lowest BCUT2D eigenvalue weighted by molar-refractivity contribution is -0.141. The number of alkyl halides is 3. The lowest BCUT2D eigenvalue weighted by Crippen LogP contribution is -2.19. The van der Waals surface area contributed by atoms with Crippen molar-refractivity contribution in [2.45, 2.75) is 42.2 Å². The molecule has 1 aromatic heterocycles. The molecule has 0 aliphatic heterocycles. The van der Waals surface area contributed by atoms with Gasteiger partial charge in [-0.15, -0.1) is 0 Å². The summed E-state index contributed by atoms with van der Waals surface area (Å²) in [5.41, 5.74) is -1.17. The predicted molar refractivity (Wildman–Crippen MR) is 85.1 cm³/mol. The van der Waals surface area contributed by atoms with Crippen LogP contribution < -0.4 is 4.74 Å². The minimum absolute atomic E-state index is 0.299. The van der Waals surface area contributed by atoms with Crippen LogP contribution >= 0.6 is 11.8 Å². The van der Waals surface area contributed by atoms with Crippen molar-refractivity contribution in [1.82, 2.24) is 4.98 Å². The fourth-order valence-corrected chi connectivity index (χ4v) is 3.04. The number of pyridine rings is 1. The van der Waals surface area contributed by atoms with E-state index in [4.69, 9.17) is 4.74 Å². The van der Waals surface area contributed by atoms with Crippen LogP contribution in [-0.4, -0.2) is 12.1 Å². The predicted octanol–water partition coefficient (Wildman–Crippen LogP) is 5.56. The Hall–Kier alpha value is -1.69. The van der Waals surface area contributed by atoms with Gasteiger partial charge in [-0.25, -0.2) is 4.98 Å². The first kappa shape index (κ1) is 17.7. The molecule has 0 spiro atoms. The van der Waals surface area contributed by atoms with Gasteiger partial charge in [0.15, 0.2) is 5.75 Å². The van der Waals surface area contributed by atoms with Gasteiger partial charge >= 0.3 is 6.18 Å². The highest BCUT2D eigenvalue weighted by Gasteiger charge is 2.36. The number of ether oxygens (including phenoxy) is 1. The van der Waals surface area contributed by atoms with Crippen molar-refractivity contribution in [1.29, 1.82) is 0 Å². The maximum atomic E-state index is 13.2. The van der Waals surface area contributed by atoms with Crippen LogP contribution in [-0.2, 0) is 11.6 Å². The Labute approximate surface area is 138 Å². The maximum absolute atomic E-state index is 13.2. The summed E-state index contributed by atoms with van der Waals surface area (Å²) < 4.78 is 45.0. The number of nitrogens with zero attached hydrogens (tertiary/aromatic N) is 1. The fourth-order valence-electron chi connectivity index (χ4n) is 2.05. The molecule has 0 aliphatic rings. The summed E-state index contributed by atoms with van der Waals surface area (Å²) >= 11 is 1.23. The molecule has 23 heavy (non-hydrogen) atoms. The van der Waals surface area contributed by atoms with Crippen LogP contribution in [0.15, 0.2) is 46.2 Å². The monoisotopic (exact) mass is 341 g/mol. The summed E-state index contributed by atoms with van der Waals surface area (Å²) in [5.74, 6) is 0.388. The van der Waals surface area contributed by atoms with Crippen LogP contribution in [0.1, 0.15) is 32.2 Å². The smallest absolute Gasteiger partial charge is 0.433 e. The SMILES string of the molecule is COc1c(Sc2ccccc2)cc(C(F)(F)F)nc1C(C)(C)C. The second-order valence-corrected chi connectivity index (χ2v) is 7.17. The highest BCUT2D eigenvalue weighted by atomic mass is 32.2. The second kappa shape index (κ2) is 6.43. The van der Waals surface area contributed by atoms with Crippen LogP contribution in [0.25, 0.3) is 0 Å². The topological polar surface area (TPSA) is 22.1 Å². The van der Waals surface area contributed by atoms with Crippen LogP contribution in [0.2, 0.25) is 0 Å². The third kappa shape index (κ3) is 4.19. The average Bonchev–Trinajstić information content (AvgIpc) is 2.45. The third-order valence-corrected chi connectivity index (χ3v) is 4.15. The van der Waals surface area contributed by atoms with E-state index in [2.05, 4.69) is 4.98 Å². The largest absolute Gasteiger partial charge is 0.494 e. The van der Waals surface area contributed by atoms with Gasteiger partial charge in [0, 0.05) is 10.3 Å². The highest BCUT2D eigenvalue weighted by molar-refractivity contribution is 7.99. The number of benzene rings is 1. The fraction of sp³-hybridized carbons (Fsp3) is 0.353. The van der Waals surface area contributed by atoms with Gasteiger partial charge in [-0.1, -0.05) is 50.7 Å². The second-order valence-electron chi connectivity index (χ2n) is 6.05. The quantitative estimate of drug-likeness (QED) is 0.730. The molecule has 0 N–H and O–H groups in total. The Morgan fingerprint density at radius 1 is 1.04 bits per heavy atom. The van der Waals surface area contributed by atoms with Crippen molar-refractivity contribution >= 4 is 11.8 Å². The molecule has 1 heterocycles. The zero-order chi connectivity index (χ0) is 17.3. The van der Waals surface area contributed by atoms with Crippen molar-refractivity contribution in [2.24, 2.45) is 0 Å². The summed E-state index contributed by atoms with van der Waals surface area (Å²) in [4.78, 5) is 5.07. The summed E-state index contributed by atoms with van der Waals surface area (Å²) in [6.07, 6.45) is -4.50. The lowest BCUT2D eigenvalue weighted by Gasteiger charge is -2.24. The van der Waals surface area contributed by atoms with E-state index in [0.717, 1.165) is 11.0 Å². The van der Waals surface area contributed by atoms with Gasteiger partial charge in [0.25, 0.3) is 0 Å². The maximum Gasteiger partial charge on any atom is 0.433 e. The first-order chi connectivity index (χ1) is 10.6. The standard InChI is InChI=1S/C17H18F3NOS/c1-16(2,3)15-14(22-4)12(10-13(21-15)17(18,19)20)23-11-8-6-5-7-9-11/h5-10H,1-4H3. The van der Waals surface area contributed by atoms with Gasteiger partial charge < -0.3 is 4.74 Å². The van der Waals surface area contributed by atoms with Crippen molar-refractivity contribution in [3.63, 3.8) is 0 Å². The third-order valence-electron chi connectivity index (χ3n) is 3.11. The van der Waals surface area contributed by atoms with Gasteiger partial charge in [-0.2, -0.15) is 13.2 Å². The minimum atomic E-state index is -4.50. The van der Waals surface area contributed by atoms with E-state index < -0.39 is 17.3 Å². The van der Waals surface area contributed by atoms with Crippen molar-refractivity contribution in [2.75, 3.05) is 7.11 Å². The number of rotatable bonds is 3. The molecule has 0 amide bonds. The van der Waals surface area contributed by atoms with Gasteiger partial charge in [0.2, 0.25) is 0 Å². The molecule has 0 saturated carbocycles. The normalized spacial score (nSPS) is 12.3. The molecule has 0 saturated heterocycles. The van der Waals surface area contributed by atoms with E-state index in [-0.39, 0.29) is 0 Å². The number of hydrogen-bond acceptors (Lipinski definition) is 3. The Morgan fingerprint density at radius 3 is 2.13 bits per heavy atom. The Balaban J connectivity index is 2.63. The van der Waals surface area contributed by atoms with Gasteiger partial charge in [0.1, 0.15) is 5.69 Å². The lowest BCUT2D eigenvalue weighted by atomic mass is 9.90. The number of aromatic nitrogens is 1. The number of methoxy groups -OCH3 is 1.